The van der Waals surface area contributed by atoms with Gasteiger partial charge in [-0.15, -0.1) is 0 Å². The lowest BCUT2D eigenvalue weighted by molar-refractivity contribution is -0.872. The first-order valence-corrected chi connectivity index (χ1v) is 7.09. The van der Waals surface area contributed by atoms with Gasteiger partial charge in [-0.3, -0.25) is 4.48 Å². The van der Waals surface area contributed by atoms with E-state index in [0.29, 0.717) is 0 Å². The Labute approximate surface area is 105 Å². The highest BCUT2D eigenvalue weighted by atomic mass is 15.4. The van der Waals surface area contributed by atoms with E-state index in [-0.39, 0.29) is 0 Å². The fourth-order valence-corrected chi connectivity index (χ4v) is 4.05. The lowest BCUT2D eigenvalue weighted by Crippen LogP contribution is -2.48. The van der Waals surface area contributed by atoms with Crippen LogP contribution in [0.2, 0.25) is 0 Å². The molecule has 3 unspecified atom stereocenters. The smallest absolute Gasteiger partial charge is 0.116 e. The van der Waals surface area contributed by atoms with Crippen molar-refractivity contribution >= 4 is 0 Å². The summed E-state index contributed by atoms with van der Waals surface area (Å²) in [4.78, 5) is 0. The molecule has 0 aromatic carbocycles. The van der Waals surface area contributed by atoms with Gasteiger partial charge in [0.2, 0.25) is 0 Å². The molecule has 2 heterocycles. The third-order valence-corrected chi connectivity index (χ3v) is 5.02. The van der Waals surface area contributed by atoms with Crippen LogP contribution in [0.5, 0.6) is 0 Å². The second-order valence-electron chi connectivity index (χ2n) is 6.21. The highest BCUT2D eigenvalue weighted by Gasteiger charge is 2.46. The molecule has 1 nitrogen and oxygen atoms in total. The Morgan fingerprint density at radius 1 is 1.41 bits per heavy atom. The summed E-state index contributed by atoms with van der Waals surface area (Å²) >= 11 is 0. The van der Waals surface area contributed by atoms with Crippen molar-refractivity contribution in [3.63, 3.8) is 0 Å². The van der Waals surface area contributed by atoms with Crippen molar-refractivity contribution in [1.82, 2.24) is 0 Å². The van der Waals surface area contributed by atoms with Crippen molar-refractivity contribution in [3.05, 3.63) is 35.1 Å². The Hall–Kier alpha value is -0.820. The number of nitrogens with zero attached hydrogens (tertiary/aromatic N) is 1. The summed E-state index contributed by atoms with van der Waals surface area (Å²) in [5.41, 5.74) is 5.09. The largest absolute Gasteiger partial charge is 0.290 e. The van der Waals surface area contributed by atoms with Crippen LogP contribution >= 0.6 is 0 Å². The van der Waals surface area contributed by atoms with Gasteiger partial charge >= 0.3 is 0 Å². The normalized spacial score (nSPS) is 40.1. The van der Waals surface area contributed by atoms with Gasteiger partial charge in [0.05, 0.1) is 13.2 Å². The molecule has 0 amide bonds. The Morgan fingerprint density at radius 3 is 3.00 bits per heavy atom. The van der Waals surface area contributed by atoms with E-state index in [2.05, 4.69) is 39.2 Å². The van der Waals surface area contributed by atoms with Gasteiger partial charge in [0.25, 0.3) is 0 Å². The van der Waals surface area contributed by atoms with E-state index >= 15 is 0 Å². The van der Waals surface area contributed by atoms with Crippen molar-refractivity contribution in [2.24, 2.45) is 5.92 Å². The minimum absolute atomic E-state index is 0.778. The summed E-state index contributed by atoms with van der Waals surface area (Å²) in [6, 6.07) is 0.778. The number of allylic oxidation sites excluding steroid dienone is 2. The monoisotopic (exact) mass is 230 g/mol. The fourth-order valence-electron chi connectivity index (χ4n) is 4.05. The van der Waals surface area contributed by atoms with E-state index in [1.54, 1.807) is 16.7 Å². The van der Waals surface area contributed by atoms with E-state index in [1.165, 1.54) is 32.2 Å². The number of fused-ring (bicyclic) bond motifs is 2. The van der Waals surface area contributed by atoms with Crippen LogP contribution in [0.1, 0.15) is 39.5 Å². The van der Waals surface area contributed by atoms with Crippen molar-refractivity contribution in [1.29, 1.82) is 0 Å². The van der Waals surface area contributed by atoms with Gasteiger partial charge in [0.1, 0.15) is 12.6 Å². The SMILES string of the molecule is CCC1=C[N+]2(C)CC3=C(CCC=C3)C2CC1C. The number of hydrogen-bond acceptors (Lipinski definition) is 0. The molecule has 0 N–H and O–H groups in total. The number of quaternary nitrogens is 1. The molecule has 0 saturated carbocycles. The van der Waals surface area contributed by atoms with Gasteiger partial charge in [-0.25, -0.2) is 0 Å². The summed E-state index contributed by atoms with van der Waals surface area (Å²) < 4.78 is 1.16. The molecule has 1 aliphatic carbocycles. The van der Waals surface area contributed by atoms with Crippen LogP contribution in [0, 0.1) is 5.92 Å². The second-order valence-corrected chi connectivity index (χ2v) is 6.21. The molecule has 0 aromatic heterocycles. The van der Waals surface area contributed by atoms with Crippen molar-refractivity contribution < 1.29 is 4.48 Å². The Balaban J connectivity index is 1.99. The Bertz CT molecular complexity index is 427. The molecule has 3 rings (SSSR count). The highest BCUT2D eigenvalue weighted by molar-refractivity contribution is 5.37. The zero-order chi connectivity index (χ0) is 12.0. The predicted octanol–water partition coefficient (Wildman–Crippen LogP) is 3.80. The van der Waals surface area contributed by atoms with Gasteiger partial charge in [0.15, 0.2) is 0 Å². The fraction of sp³-hybridized carbons (Fsp3) is 0.625. The molecule has 0 radical (unpaired) electrons. The minimum Gasteiger partial charge on any atom is -0.290 e. The summed E-state index contributed by atoms with van der Waals surface area (Å²) in [5.74, 6) is 0.786. The maximum absolute atomic E-state index is 2.57. The molecule has 17 heavy (non-hydrogen) atoms. The lowest BCUT2D eigenvalue weighted by atomic mass is 9.83. The molecule has 1 heteroatoms. The average molecular weight is 230 g/mol. The number of likely N-dealkylation sites (N-methyl/N-ethyl adjacent to an activating group) is 1. The molecule has 2 aliphatic heterocycles. The molecule has 0 saturated heterocycles. The van der Waals surface area contributed by atoms with E-state index in [4.69, 9.17) is 0 Å². The number of rotatable bonds is 1. The van der Waals surface area contributed by atoms with Crippen molar-refractivity contribution in [2.75, 3.05) is 13.6 Å². The van der Waals surface area contributed by atoms with Crippen LogP contribution in [-0.4, -0.2) is 24.1 Å². The number of hydrogen-bond donors (Lipinski definition) is 0. The highest BCUT2D eigenvalue weighted by Crippen LogP contribution is 2.44. The molecule has 0 bridgehead atoms. The molecule has 3 atom stereocenters. The van der Waals surface area contributed by atoms with Gasteiger partial charge in [-0.2, -0.15) is 0 Å². The first-order chi connectivity index (χ1) is 8.14. The summed E-state index contributed by atoms with van der Waals surface area (Å²) in [6.07, 6.45) is 12.5. The summed E-state index contributed by atoms with van der Waals surface area (Å²) in [5, 5.41) is 0. The van der Waals surface area contributed by atoms with Gasteiger partial charge < -0.3 is 0 Å². The Kier molecular flexibility index (Phi) is 2.55. The van der Waals surface area contributed by atoms with Crippen LogP contribution < -0.4 is 0 Å². The van der Waals surface area contributed by atoms with Crippen LogP contribution in [0.25, 0.3) is 0 Å². The maximum Gasteiger partial charge on any atom is 0.116 e. The predicted molar refractivity (Wildman–Crippen MR) is 72.4 cm³/mol. The molecular formula is C16H24N+. The van der Waals surface area contributed by atoms with Gasteiger partial charge in [0, 0.05) is 12.0 Å². The molecule has 3 aliphatic rings. The average Bonchev–Trinajstić information content (AvgIpc) is 2.61. The first-order valence-electron chi connectivity index (χ1n) is 7.09. The van der Waals surface area contributed by atoms with Crippen LogP contribution in [0.15, 0.2) is 35.1 Å². The third-order valence-electron chi connectivity index (χ3n) is 5.02. The van der Waals surface area contributed by atoms with Gasteiger partial charge in [-0.05, 0) is 36.3 Å². The molecule has 92 valence electrons. The molecule has 0 fully saturated rings. The zero-order valence-corrected chi connectivity index (χ0v) is 11.4. The summed E-state index contributed by atoms with van der Waals surface area (Å²) in [6.45, 7) is 5.95. The Morgan fingerprint density at radius 2 is 2.24 bits per heavy atom. The van der Waals surface area contributed by atoms with Crippen molar-refractivity contribution in [2.45, 2.75) is 45.6 Å². The molecule has 0 aromatic rings. The van der Waals surface area contributed by atoms with Crippen LogP contribution in [-0.2, 0) is 0 Å². The lowest BCUT2D eigenvalue weighted by Gasteiger charge is -2.40. The van der Waals surface area contributed by atoms with E-state index < -0.39 is 0 Å². The van der Waals surface area contributed by atoms with Crippen LogP contribution in [0.3, 0.4) is 0 Å². The standard InChI is InChI=1S/C16H24N/c1-4-13-10-17(3)11-14-7-5-6-8-15(14)16(17)9-12(13)2/h5,7,10,12,16H,4,6,8-9,11H2,1-3H3/q+1. The van der Waals surface area contributed by atoms with Crippen LogP contribution in [0.4, 0.5) is 0 Å². The molecular weight excluding hydrogens is 206 g/mol. The quantitative estimate of drug-likeness (QED) is 0.601. The van der Waals surface area contributed by atoms with E-state index in [0.717, 1.165) is 16.4 Å². The maximum atomic E-state index is 2.57. The topological polar surface area (TPSA) is 0 Å². The van der Waals surface area contributed by atoms with E-state index in [9.17, 15) is 0 Å². The summed E-state index contributed by atoms with van der Waals surface area (Å²) in [7, 11) is 2.43. The van der Waals surface area contributed by atoms with E-state index in [1.807, 2.05) is 0 Å². The van der Waals surface area contributed by atoms with Crippen molar-refractivity contribution in [3.8, 4) is 0 Å². The minimum atomic E-state index is 0.778. The first kappa shape index (κ1) is 11.3. The van der Waals surface area contributed by atoms with Gasteiger partial charge in [-0.1, -0.05) is 26.0 Å². The zero-order valence-electron chi connectivity index (χ0n) is 11.4. The third kappa shape index (κ3) is 1.63. The molecule has 0 spiro atoms. The second kappa shape index (κ2) is 3.84.